The highest BCUT2D eigenvalue weighted by Crippen LogP contribution is 2.30. The summed E-state index contributed by atoms with van der Waals surface area (Å²) in [5.41, 5.74) is 0. The fourth-order valence-corrected chi connectivity index (χ4v) is 11.4. The first-order valence-electron chi connectivity index (χ1n) is 33.4. The summed E-state index contributed by atoms with van der Waals surface area (Å²) in [6, 6.07) is -0.829. The lowest BCUT2D eigenvalue weighted by molar-refractivity contribution is -0.359. The summed E-state index contributed by atoms with van der Waals surface area (Å²) in [6.07, 6.45) is 43.7. The molecule has 0 bridgehead atoms. The number of rotatable bonds is 55. The van der Waals surface area contributed by atoms with E-state index in [0.717, 1.165) is 57.8 Å². The SMILES string of the molecule is CCCCCCCC/C=C\CCCCCCCCCC(=O)NC(COC1OC(CO)C(OC2OC(CO)C(O)C(O)C2O)C(O)C1O)C(O)CCCCCCCCCCCCCCCCCCCCCCCCCCCCCC. The van der Waals surface area contributed by atoms with E-state index in [0.29, 0.717) is 12.8 Å². The second-order valence-electron chi connectivity index (χ2n) is 24.0. The number of aliphatic hydroxyl groups excluding tert-OH is 8. The van der Waals surface area contributed by atoms with Crippen LogP contribution in [-0.4, -0.2) is 140 Å². The van der Waals surface area contributed by atoms with Crippen LogP contribution in [0.3, 0.4) is 0 Å². The topological polar surface area (TPSA) is 228 Å². The molecule has 0 aromatic carbocycles. The molecule has 2 aliphatic heterocycles. The minimum atomic E-state index is -1.78. The third kappa shape index (κ3) is 36.2. The number of ether oxygens (including phenoxy) is 4. The third-order valence-corrected chi connectivity index (χ3v) is 16.7. The maximum atomic E-state index is 13.3. The maximum Gasteiger partial charge on any atom is 0.220 e. The zero-order valence-corrected chi connectivity index (χ0v) is 50.6. The molecule has 79 heavy (non-hydrogen) atoms. The molecule has 2 aliphatic rings. The Morgan fingerprint density at radius 2 is 0.797 bits per heavy atom. The summed E-state index contributed by atoms with van der Waals surface area (Å²) in [5.74, 6) is -0.206. The lowest BCUT2D eigenvalue weighted by Gasteiger charge is -2.46. The number of allylic oxidation sites excluding steroid dienone is 2. The number of hydrogen-bond donors (Lipinski definition) is 9. The summed E-state index contributed by atoms with van der Waals surface area (Å²) in [5, 5.41) is 87.5. The molecule has 2 fully saturated rings. The van der Waals surface area contributed by atoms with E-state index in [-0.39, 0.29) is 12.5 Å². The summed E-state index contributed by atoms with van der Waals surface area (Å²) in [6.45, 7) is 2.90. The standard InChI is InChI=1S/C65H125NO13/c1-3-5-7-9-11-13-15-17-19-21-22-23-24-25-26-27-28-29-30-31-33-34-36-38-40-42-44-46-48-54(69)53(66-57(70)49-47-45-43-41-39-37-35-32-20-18-16-14-12-10-8-6-4-2)52-76-64-62(75)60(73)63(56(51-68)78-64)79-65-61(74)59(72)58(71)55(50-67)77-65/h18,20,53-56,58-65,67-69,71-75H,3-17,19,21-52H2,1-2H3,(H,66,70)/b20-18-. The van der Waals surface area contributed by atoms with Crippen LogP contribution in [-0.2, 0) is 23.7 Å². The van der Waals surface area contributed by atoms with Crippen LogP contribution in [0.1, 0.15) is 303 Å². The normalized spacial score (nSPS) is 24.4. The van der Waals surface area contributed by atoms with Gasteiger partial charge in [-0.3, -0.25) is 4.79 Å². The van der Waals surface area contributed by atoms with Gasteiger partial charge >= 0.3 is 0 Å². The second kappa shape index (κ2) is 51.2. The van der Waals surface area contributed by atoms with Crippen molar-refractivity contribution >= 4 is 5.91 Å². The van der Waals surface area contributed by atoms with Gasteiger partial charge in [0.05, 0.1) is 32.0 Å². The van der Waals surface area contributed by atoms with Crippen molar-refractivity contribution in [2.45, 2.75) is 376 Å². The van der Waals surface area contributed by atoms with Crippen LogP contribution >= 0.6 is 0 Å². The Balaban J connectivity index is 1.67. The molecule has 14 nitrogen and oxygen atoms in total. The van der Waals surface area contributed by atoms with Gasteiger partial charge in [-0.15, -0.1) is 0 Å². The van der Waals surface area contributed by atoms with Crippen LogP contribution in [0.25, 0.3) is 0 Å². The van der Waals surface area contributed by atoms with E-state index >= 15 is 0 Å². The number of hydrogen-bond acceptors (Lipinski definition) is 13. The quantitative estimate of drug-likeness (QED) is 0.0204. The Kier molecular flexibility index (Phi) is 47.8. The first-order valence-corrected chi connectivity index (χ1v) is 33.4. The van der Waals surface area contributed by atoms with Gasteiger partial charge in [0.2, 0.25) is 5.91 Å². The van der Waals surface area contributed by atoms with Crippen molar-refractivity contribution in [3.05, 3.63) is 12.2 Å². The van der Waals surface area contributed by atoms with Crippen molar-refractivity contribution in [2.75, 3.05) is 19.8 Å². The molecule has 468 valence electrons. The number of nitrogens with one attached hydrogen (secondary N) is 1. The number of carbonyl (C=O) groups excluding carboxylic acids is 1. The molecule has 0 aliphatic carbocycles. The summed E-state index contributed by atoms with van der Waals surface area (Å²) in [7, 11) is 0. The van der Waals surface area contributed by atoms with Crippen LogP contribution in [0, 0.1) is 0 Å². The minimum Gasteiger partial charge on any atom is -0.394 e. The molecule has 12 unspecified atom stereocenters. The van der Waals surface area contributed by atoms with E-state index in [4.69, 9.17) is 18.9 Å². The first kappa shape index (κ1) is 73.8. The Morgan fingerprint density at radius 3 is 1.20 bits per heavy atom. The summed E-state index contributed by atoms with van der Waals surface area (Å²) in [4.78, 5) is 13.3. The van der Waals surface area contributed by atoms with Gasteiger partial charge in [0.25, 0.3) is 0 Å². The number of unbranched alkanes of at least 4 members (excludes halogenated alkanes) is 40. The van der Waals surface area contributed by atoms with E-state index in [9.17, 15) is 45.6 Å². The van der Waals surface area contributed by atoms with Crippen molar-refractivity contribution in [3.63, 3.8) is 0 Å². The molecule has 2 heterocycles. The second-order valence-corrected chi connectivity index (χ2v) is 24.0. The Labute approximate surface area is 482 Å². The van der Waals surface area contributed by atoms with Gasteiger partial charge < -0.3 is 65.1 Å². The smallest absolute Gasteiger partial charge is 0.220 e. The lowest BCUT2D eigenvalue weighted by atomic mass is 9.97. The zero-order chi connectivity index (χ0) is 57.4. The minimum absolute atomic E-state index is 0.206. The summed E-state index contributed by atoms with van der Waals surface area (Å²) >= 11 is 0. The molecule has 0 aromatic heterocycles. The van der Waals surface area contributed by atoms with Crippen LogP contribution in [0.5, 0.6) is 0 Å². The van der Waals surface area contributed by atoms with Crippen LogP contribution in [0.2, 0.25) is 0 Å². The fourth-order valence-electron chi connectivity index (χ4n) is 11.4. The molecule has 2 saturated heterocycles. The average molecular weight is 1130 g/mol. The van der Waals surface area contributed by atoms with Crippen LogP contribution < -0.4 is 5.32 Å². The summed E-state index contributed by atoms with van der Waals surface area (Å²) < 4.78 is 22.9. The molecule has 12 atom stereocenters. The van der Waals surface area contributed by atoms with Gasteiger partial charge in [0.1, 0.15) is 48.8 Å². The molecule has 0 saturated carbocycles. The van der Waals surface area contributed by atoms with Gasteiger partial charge in [-0.25, -0.2) is 0 Å². The van der Waals surface area contributed by atoms with Gasteiger partial charge in [-0.1, -0.05) is 270 Å². The van der Waals surface area contributed by atoms with E-state index < -0.39 is 86.8 Å². The Bertz CT molecular complexity index is 1380. The molecule has 14 heteroatoms. The molecule has 9 N–H and O–H groups in total. The van der Waals surface area contributed by atoms with E-state index in [1.165, 1.54) is 218 Å². The number of carbonyl (C=O) groups is 1. The molecule has 0 aromatic rings. The largest absolute Gasteiger partial charge is 0.394 e. The Morgan fingerprint density at radius 1 is 0.443 bits per heavy atom. The van der Waals surface area contributed by atoms with Gasteiger partial charge in [-0.05, 0) is 38.5 Å². The van der Waals surface area contributed by atoms with E-state index in [1.54, 1.807) is 0 Å². The van der Waals surface area contributed by atoms with E-state index in [1.807, 2.05) is 0 Å². The first-order chi connectivity index (χ1) is 38.6. The van der Waals surface area contributed by atoms with Gasteiger partial charge in [0.15, 0.2) is 12.6 Å². The third-order valence-electron chi connectivity index (χ3n) is 16.7. The van der Waals surface area contributed by atoms with Crippen molar-refractivity contribution in [2.24, 2.45) is 0 Å². The van der Waals surface area contributed by atoms with E-state index in [2.05, 4.69) is 31.3 Å². The lowest BCUT2D eigenvalue weighted by Crippen LogP contribution is -2.65. The molecule has 2 rings (SSSR count). The Hall–Kier alpha value is -1.27. The fraction of sp³-hybridized carbons (Fsp3) is 0.954. The average Bonchev–Trinajstić information content (AvgIpc) is 3.47. The van der Waals surface area contributed by atoms with Crippen molar-refractivity contribution in [1.82, 2.24) is 5.32 Å². The number of amides is 1. The van der Waals surface area contributed by atoms with Crippen LogP contribution in [0.4, 0.5) is 0 Å². The molecular weight excluding hydrogens is 1000 g/mol. The predicted molar refractivity (Wildman–Crippen MR) is 319 cm³/mol. The maximum absolute atomic E-state index is 13.3. The highest BCUT2D eigenvalue weighted by Gasteiger charge is 2.51. The highest BCUT2D eigenvalue weighted by molar-refractivity contribution is 5.76. The highest BCUT2D eigenvalue weighted by atomic mass is 16.7. The van der Waals surface area contributed by atoms with Crippen molar-refractivity contribution in [3.8, 4) is 0 Å². The monoisotopic (exact) mass is 1130 g/mol. The number of aliphatic hydroxyl groups is 8. The molecule has 1 amide bonds. The predicted octanol–water partition coefficient (Wildman–Crippen LogP) is 12.6. The van der Waals surface area contributed by atoms with Gasteiger partial charge in [-0.2, -0.15) is 0 Å². The molecule has 0 radical (unpaired) electrons. The van der Waals surface area contributed by atoms with Crippen LogP contribution in [0.15, 0.2) is 12.2 Å². The zero-order valence-electron chi connectivity index (χ0n) is 50.6. The van der Waals surface area contributed by atoms with Gasteiger partial charge in [0, 0.05) is 6.42 Å². The van der Waals surface area contributed by atoms with Crippen molar-refractivity contribution in [1.29, 1.82) is 0 Å². The van der Waals surface area contributed by atoms with Crippen molar-refractivity contribution < 1.29 is 64.6 Å². The molecular formula is C65H125NO13. The molecule has 0 spiro atoms.